The lowest BCUT2D eigenvalue weighted by Crippen LogP contribution is -2.55. The van der Waals surface area contributed by atoms with Gasteiger partial charge < -0.3 is 15.0 Å². The molecule has 8 nitrogen and oxygen atoms in total. The van der Waals surface area contributed by atoms with Gasteiger partial charge in [-0.25, -0.2) is 13.2 Å². The molecule has 2 heterocycles. The van der Waals surface area contributed by atoms with Gasteiger partial charge in [0.05, 0.1) is 19.0 Å². The van der Waals surface area contributed by atoms with Crippen LogP contribution in [0.15, 0.2) is 54.6 Å². The maximum Gasteiger partial charge on any atom is 0.317 e. The number of urea groups is 1. The van der Waals surface area contributed by atoms with Gasteiger partial charge in [-0.2, -0.15) is 4.31 Å². The molecule has 2 fully saturated rings. The second-order valence-corrected chi connectivity index (χ2v) is 10.9. The van der Waals surface area contributed by atoms with E-state index in [-0.39, 0.29) is 17.8 Å². The third kappa shape index (κ3) is 6.35. The van der Waals surface area contributed by atoms with Gasteiger partial charge in [-0.1, -0.05) is 54.6 Å². The smallest absolute Gasteiger partial charge is 0.317 e. The Hall–Kier alpha value is -2.46. The van der Waals surface area contributed by atoms with Gasteiger partial charge >= 0.3 is 6.03 Å². The minimum absolute atomic E-state index is 0.0752. The first-order chi connectivity index (χ1) is 16.4. The molecule has 9 heteroatoms. The van der Waals surface area contributed by atoms with Crippen molar-refractivity contribution in [3.63, 3.8) is 0 Å². The van der Waals surface area contributed by atoms with Crippen LogP contribution >= 0.6 is 0 Å². The lowest BCUT2D eigenvalue weighted by molar-refractivity contribution is 0.0729. The normalized spacial score (nSPS) is 20.3. The molecule has 0 unspecified atom stereocenters. The Morgan fingerprint density at radius 3 is 2.35 bits per heavy atom. The number of hydrogen-bond acceptors (Lipinski definition) is 5. The molecule has 0 radical (unpaired) electrons. The molecule has 2 aromatic rings. The van der Waals surface area contributed by atoms with E-state index in [2.05, 4.69) is 29.3 Å². The third-order valence-corrected chi connectivity index (χ3v) is 8.36. The topological polar surface area (TPSA) is 82.2 Å². The number of carbonyl (C=O) groups is 1. The largest absolute Gasteiger partial charge is 0.379 e. The zero-order chi connectivity index (χ0) is 24.0. The molecule has 0 saturated carbocycles. The highest BCUT2D eigenvalue weighted by molar-refractivity contribution is 7.88. The molecule has 2 aliphatic rings. The summed E-state index contributed by atoms with van der Waals surface area (Å²) < 4.78 is 32.5. The highest BCUT2D eigenvalue weighted by atomic mass is 32.2. The molecule has 184 valence electrons. The Labute approximate surface area is 202 Å². The van der Waals surface area contributed by atoms with Gasteiger partial charge in [0.25, 0.3) is 0 Å². The molecule has 0 aromatic heterocycles. The van der Waals surface area contributed by atoms with E-state index in [0.717, 1.165) is 24.2 Å². The molecule has 2 saturated heterocycles. The van der Waals surface area contributed by atoms with Crippen molar-refractivity contribution < 1.29 is 17.9 Å². The number of morpholine rings is 1. The van der Waals surface area contributed by atoms with E-state index in [1.807, 2.05) is 47.4 Å². The maximum atomic E-state index is 12.9. The van der Waals surface area contributed by atoms with Gasteiger partial charge in [-0.3, -0.25) is 4.90 Å². The van der Waals surface area contributed by atoms with E-state index in [1.165, 1.54) is 9.87 Å². The van der Waals surface area contributed by atoms with Crippen LogP contribution in [-0.2, 0) is 33.6 Å². The molecule has 2 aliphatic heterocycles. The summed E-state index contributed by atoms with van der Waals surface area (Å²) in [6.07, 6.45) is 0. The minimum atomic E-state index is -3.43. The zero-order valence-corrected chi connectivity index (χ0v) is 20.5. The molecule has 2 amide bonds. The Balaban J connectivity index is 1.31. The summed E-state index contributed by atoms with van der Waals surface area (Å²) >= 11 is 0. The summed E-state index contributed by atoms with van der Waals surface area (Å²) in [7, 11) is -3.43. The van der Waals surface area contributed by atoms with Gasteiger partial charge in [0.15, 0.2) is 0 Å². The van der Waals surface area contributed by atoms with Gasteiger partial charge in [-0.05, 0) is 23.6 Å². The average molecular weight is 487 g/mol. The Morgan fingerprint density at radius 2 is 1.65 bits per heavy atom. The lowest BCUT2D eigenvalue weighted by atomic mass is 10.1. The summed E-state index contributed by atoms with van der Waals surface area (Å²) in [4.78, 5) is 17.1. The van der Waals surface area contributed by atoms with Gasteiger partial charge in [0, 0.05) is 51.9 Å². The number of carbonyl (C=O) groups excluding carboxylic acids is 1. The average Bonchev–Trinajstić information content (AvgIpc) is 2.85. The van der Waals surface area contributed by atoms with Crippen molar-refractivity contribution in [3.8, 4) is 0 Å². The fourth-order valence-electron chi connectivity index (χ4n) is 4.50. The number of benzene rings is 2. The third-order valence-electron chi connectivity index (χ3n) is 6.53. The number of sulfonamides is 1. The first kappa shape index (κ1) is 24.7. The van der Waals surface area contributed by atoms with Crippen LogP contribution in [0, 0.1) is 0 Å². The van der Waals surface area contributed by atoms with E-state index in [0.29, 0.717) is 45.9 Å². The molecule has 2 aromatic carbocycles. The van der Waals surface area contributed by atoms with Crippen LogP contribution in [0.3, 0.4) is 0 Å². The second kappa shape index (κ2) is 11.3. The second-order valence-electron chi connectivity index (χ2n) is 8.95. The van der Waals surface area contributed by atoms with E-state index >= 15 is 0 Å². The standard InChI is InChI=1S/C25H34N4O4S/c1-21-18-28(12-11-27(21)19-22-7-3-2-4-8-22)25(30)26-17-23-9-5-6-10-24(23)20-34(31,32)29-13-15-33-16-14-29/h2-10,21H,11-20H2,1H3,(H,26,30)/t21-/m1/s1. The highest BCUT2D eigenvalue weighted by Gasteiger charge is 2.28. The predicted molar refractivity (Wildman–Crippen MR) is 132 cm³/mol. The van der Waals surface area contributed by atoms with Crippen LogP contribution in [-0.4, -0.2) is 80.5 Å². The van der Waals surface area contributed by atoms with Crippen LogP contribution in [0.4, 0.5) is 4.79 Å². The van der Waals surface area contributed by atoms with Crippen LogP contribution in [0.25, 0.3) is 0 Å². The molecule has 4 rings (SSSR count). The summed E-state index contributed by atoms with van der Waals surface area (Å²) in [5.74, 6) is -0.0752. The number of ether oxygens (including phenoxy) is 1. The van der Waals surface area contributed by atoms with Crippen LogP contribution in [0.5, 0.6) is 0 Å². The first-order valence-corrected chi connectivity index (χ1v) is 13.5. The zero-order valence-electron chi connectivity index (χ0n) is 19.7. The minimum Gasteiger partial charge on any atom is -0.379 e. The number of hydrogen-bond donors (Lipinski definition) is 1. The van der Waals surface area contributed by atoms with Gasteiger partial charge in [0.1, 0.15) is 0 Å². The predicted octanol–water partition coefficient (Wildman–Crippen LogP) is 2.26. The molecular weight excluding hydrogens is 452 g/mol. The van der Waals surface area contributed by atoms with Crippen molar-refractivity contribution in [2.75, 3.05) is 45.9 Å². The maximum absolute atomic E-state index is 12.9. The van der Waals surface area contributed by atoms with Gasteiger partial charge in [-0.15, -0.1) is 0 Å². The van der Waals surface area contributed by atoms with E-state index in [4.69, 9.17) is 4.74 Å². The van der Waals surface area contributed by atoms with Crippen molar-refractivity contribution in [3.05, 3.63) is 71.3 Å². The lowest BCUT2D eigenvalue weighted by Gasteiger charge is -2.39. The fraction of sp³-hybridized carbons (Fsp3) is 0.480. The first-order valence-electron chi connectivity index (χ1n) is 11.9. The van der Waals surface area contributed by atoms with Crippen LogP contribution < -0.4 is 5.32 Å². The molecule has 0 spiro atoms. The Kier molecular flexibility index (Phi) is 8.20. The van der Waals surface area contributed by atoms with E-state index < -0.39 is 10.0 Å². The Morgan fingerprint density at radius 1 is 0.971 bits per heavy atom. The molecule has 0 bridgehead atoms. The number of amides is 2. The fourth-order valence-corrected chi connectivity index (χ4v) is 6.06. The summed E-state index contributed by atoms with van der Waals surface area (Å²) in [6.45, 7) is 7.08. The summed E-state index contributed by atoms with van der Waals surface area (Å²) in [6, 6.07) is 17.9. The Bertz CT molecular complexity index is 1060. The highest BCUT2D eigenvalue weighted by Crippen LogP contribution is 2.18. The van der Waals surface area contributed by atoms with Crippen LogP contribution in [0.1, 0.15) is 23.6 Å². The quantitative estimate of drug-likeness (QED) is 0.649. The number of nitrogens with one attached hydrogen (secondary N) is 1. The van der Waals surface area contributed by atoms with E-state index in [9.17, 15) is 13.2 Å². The molecule has 1 atom stereocenters. The number of piperazine rings is 1. The number of nitrogens with zero attached hydrogens (tertiary/aromatic N) is 3. The molecular formula is C25H34N4O4S. The molecule has 1 N–H and O–H groups in total. The van der Waals surface area contributed by atoms with Crippen molar-refractivity contribution in [1.82, 2.24) is 19.4 Å². The van der Waals surface area contributed by atoms with Crippen molar-refractivity contribution in [2.45, 2.75) is 31.8 Å². The van der Waals surface area contributed by atoms with Crippen LogP contribution in [0.2, 0.25) is 0 Å². The SMILES string of the molecule is C[C@@H]1CN(C(=O)NCc2ccccc2CS(=O)(=O)N2CCOCC2)CCN1Cc1ccccc1. The number of rotatable bonds is 7. The summed E-state index contributed by atoms with van der Waals surface area (Å²) in [5.41, 5.74) is 2.81. The van der Waals surface area contributed by atoms with Crippen molar-refractivity contribution >= 4 is 16.1 Å². The van der Waals surface area contributed by atoms with Gasteiger partial charge in [0.2, 0.25) is 10.0 Å². The molecule has 0 aliphatic carbocycles. The molecule has 34 heavy (non-hydrogen) atoms. The summed E-state index contributed by atoms with van der Waals surface area (Å²) in [5, 5.41) is 3.00. The van der Waals surface area contributed by atoms with E-state index in [1.54, 1.807) is 0 Å². The van der Waals surface area contributed by atoms with Crippen molar-refractivity contribution in [1.29, 1.82) is 0 Å². The monoisotopic (exact) mass is 486 g/mol. The van der Waals surface area contributed by atoms with Crippen molar-refractivity contribution in [2.24, 2.45) is 0 Å².